The molecule has 0 amide bonds. The number of anilines is 1. The fourth-order valence-corrected chi connectivity index (χ4v) is 3.13. The van der Waals surface area contributed by atoms with Crippen LogP contribution in [0.2, 0.25) is 10.2 Å². The second-order valence-corrected chi connectivity index (χ2v) is 6.90. The number of nitrogens with zero attached hydrogens (tertiary/aromatic N) is 1. The Hall–Kier alpha value is -1.50. The molecule has 1 heterocycles. The van der Waals surface area contributed by atoms with Crippen LogP contribution >= 0.6 is 23.2 Å². The molecule has 0 saturated carbocycles. The molecule has 8 heteroatoms. The smallest absolute Gasteiger partial charge is 0.263 e. The Morgan fingerprint density at radius 1 is 1.24 bits per heavy atom. The van der Waals surface area contributed by atoms with Crippen molar-refractivity contribution in [3.63, 3.8) is 0 Å². The molecule has 0 atom stereocenters. The number of aromatic hydroxyl groups is 1. The summed E-state index contributed by atoms with van der Waals surface area (Å²) in [5.74, 6) is 0.0439. The maximum Gasteiger partial charge on any atom is 0.263 e. The number of hydrogen-bond acceptors (Lipinski definition) is 4. The minimum absolute atomic E-state index is 0.0276. The molecule has 0 spiro atoms. The van der Waals surface area contributed by atoms with Crippen molar-refractivity contribution in [2.24, 2.45) is 0 Å². The number of hydrogen-bond donors (Lipinski definition) is 2. The zero-order chi connectivity index (χ0) is 15.8. The predicted molar refractivity (Wildman–Crippen MR) is 82.6 cm³/mol. The van der Waals surface area contributed by atoms with Gasteiger partial charge in [0, 0.05) is 11.8 Å². The van der Waals surface area contributed by atoms with E-state index in [1.165, 1.54) is 6.07 Å². The maximum atomic E-state index is 12.3. The average Bonchev–Trinajstić information content (AvgIpc) is 2.42. The SMILES string of the molecule is Cc1ccc(NS(=O)(=O)c2cnc(Cl)c(Cl)c2)c(C)c1O. The van der Waals surface area contributed by atoms with Crippen molar-refractivity contribution < 1.29 is 13.5 Å². The number of sulfonamides is 1. The van der Waals surface area contributed by atoms with Crippen LogP contribution in [0, 0.1) is 13.8 Å². The van der Waals surface area contributed by atoms with E-state index in [9.17, 15) is 13.5 Å². The molecule has 0 radical (unpaired) electrons. The van der Waals surface area contributed by atoms with Crippen LogP contribution < -0.4 is 4.72 Å². The van der Waals surface area contributed by atoms with Gasteiger partial charge in [0.2, 0.25) is 0 Å². The molecule has 2 aromatic rings. The highest BCUT2D eigenvalue weighted by atomic mass is 35.5. The van der Waals surface area contributed by atoms with Crippen molar-refractivity contribution >= 4 is 38.9 Å². The third-order valence-electron chi connectivity index (χ3n) is 2.96. The predicted octanol–water partition coefficient (Wildman–Crippen LogP) is 3.51. The summed E-state index contributed by atoms with van der Waals surface area (Å²) in [6.45, 7) is 3.34. The van der Waals surface area contributed by atoms with Crippen molar-refractivity contribution in [3.8, 4) is 5.75 Å². The lowest BCUT2D eigenvalue weighted by atomic mass is 10.1. The van der Waals surface area contributed by atoms with Crippen LogP contribution in [-0.4, -0.2) is 18.5 Å². The third-order valence-corrected chi connectivity index (χ3v) is 4.98. The van der Waals surface area contributed by atoms with Crippen molar-refractivity contribution in [1.82, 2.24) is 4.98 Å². The molecule has 5 nitrogen and oxygen atoms in total. The van der Waals surface area contributed by atoms with E-state index in [1.807, 2.05) is 0 Å². The Bertz CT molecular complexity index is 807. The van der Waals surface area contributed by atoms with Gasteiger partial charge in [-0.2, -0.15) is 0 Å². The number of phenolic OH excluding ortho intramolecular Hbond substituents is 1. The third kappa shape index (κ3) is 3.23. The zero-order valence-electron chi connectivity index (χ0n) is 11.2. The standard InChI is InChI=1S/C13H12Cl2N2O3S/c1-7-3-4-11(8(2)12(7)18)17-21(19,20)9-5-10(14)13(15)16-6-9/h3-6,17-18H,1-2H3. The number of phenols is 1. The van der Waals surface area contributed by atoms with Crippen LogP contribution in [0.5, 0.6) is 5.75 Å². The molecule has 1 aromatic heterocycles. The summed E-state index contributed by atoms with van der Waals surface area (Å²) in [6, 6.07) is 4.41. The van der Waals surface area contributed by atoms with Gasteiger partial charge in [-0.3, -0.25) is 4.72 Å². The molecule has 0 aliphatic heterocycles. The van der Waals surface area contributed by atoms with Crippen LogP contribution in [0.25, 0.3) is 0 Å². The summed E-state index contributed by atoms with van der Waals surface area (Å²) >= 11 is 11.4. The van der Waals surface area contributed by atoms with Crippen molar-refractivity contribution in [3.05, 3.63) is 45.7 Å². The molecule has 0 fully saturated rings. The lowest BCUT2D eigenvalue weighted by molar-refractivity contribution is 0.467. The number of rotatable bonds is 3. The first-order chi connectivity index (χ1) is 9.72. The maximum absolute atomic E-state index is 12.3. The van der Waals surface area contributed by atoms with Crippen LogP contribution in [0.3, 0.4) is 0 Å². The lowest BCUT2D eigenvalue weighted by Gasteiger charge is -2.13. The highest BCUT2D eigenvalue weighted by molar-refractivity contribution is 7.92. The minimum atomic E-state index is -3.87. The molecule has 0 unspecified atom stereocenters. The Labute approximate surface area is 132 Å². The number of aryl methyl sites for hydroxylation is 1. The number of benzene rings is 1. The normalized spacial score (nSPS) is 11.4. The van der Waals surface area contributed by atoms with Gasteiger partial charge >= 0.3 is 0 Å². The van der Waals surface area contributed by atoms with E-state index in [4.69, 9.17) is 23.2 Å². The Balaban J connectivity index is 2.42. The zero-order valence-corrected chi connectivity index (χ0v) is 13.5. The Morgan fingerprint density at radius 2 is 1.90 bits per heavy atom. The number of pyridine rings is 1. The molecular weight excluding hydrogens is 335 g/mol. The van der Waals surface area contributed by atoms with E-state index >= 15 is 0 Å². The summed E-state index contributed by atoms with van der Waals surface area (Å²) in [7, 11) is -3.87. The van der Waals surface area contributed by atoms with Crippen LogP contribution in [0.4, 0.5) is 5.69 Å². The molecular formula is C13H12Cl2N2O3S. The summed E-state index contributed by atoms with van der Waals surface area (Å²) in [5, 5.41) is 9.92. The van der Waals surface area contributed by atoms with Gasteiger partial charge in [-0.05, 0) is 31.5 Å². The fraction of sp³-hybridized carbons (Fsp3) is 0.154. The van der Waals surface area contributed by atoms with Crippen molar-refractivity contribution in [1.29, 1.82) is 0 Å². The van der Waals surface area contributed by atoms with Crippen LogP contribution in [0.1, 0.15) is 11.1 Å². The monoisotopic (exact) mass is 346 g/mol. The second-order valence-electron chi connectivity index (χ2n) is 4.45. The van der Waals surface area contributed by atoms with E-state index in [2.05, 4.69) is 9.71 Å². The van der Waals surface area contributed by atoms with E-state index < -0.39 is 10.0 Å². The molecule has 112 valence electrons. The van der Waals surface area contributed by atoms with Gasteiger partial charge in [0.15, 0.2) is 0 Å². The highest BCUT2D eigenvalue weighted by Crippen LogP contribution is 2.30. The van der Waals surface area contributed by atoms with E-state index in [-0.39, 0.29) is 26.5 Å². The summed E-state index contributed by atoms with van der Waals surface area (Å²) in [4.78, 5) is 3.59. The quantitative estimate of drug-likeness (QED) is 0.833. The molecule has 0 aliphatic carbocycles. The minimum Gasteiger partial charge on any atom is -0.507 e. The van der Waals surface area contributed by atoms with E-state index in [1.54, 1.807) is 26.0 Å². The molecule has 0 bridgehead atoms. The van der Waals surface area contributed by atoms with Crippen molar-refractivity contribution in [2.75, 3.05) is 4.72 Å². The summed E-state index contributed by atoms with van der Waals surface area (Å²) in [5.41, 5.74) is 1.38. The molecule has 0 saturated heterocycles. The largest absolute Gasteiger partial charge is 0.507 e. The first-order valence-electron chi connectivity index (χ1n) is 5.85. The van der Waals surface area contributed by atoms with Gasteiger partial charge in [-0.1, -0.05) is 29.3 Å². The van der Waals surface area contributed by atoms with Gasteiger partial charge < -0.3 is 5.11 Å². The van der Waals surface area contributed by atoms with Gasteiger partial charge in [-0.15, -0.1) is 0 Å². The van der Waals surface area contributed by atoms with Gasteiger partial charge in [0.25, 0.3) is 10.0 Å². The molecule has 2 rings (SSSR count). The molecule has 0 aliphatic rings. The fourth-order valence-electron chi connectivity index (χ4n) is 1.70. The summed E-state index contributed by atoms with van der Waals surface area (Å²) < 4.78 is 26.9. The van der Waals surface area contributed by atoms with Crippen LogP contribution in [-0.2, 0) is 10.0 Å². The average molecular weight is 347 g/mol. The highest BCUT2D eigenvalue weighted by Gasteiger charge is 2.18. The van der Waals surface area contributed by atoms with Gasteiger partial charge in [0.1, 0.15) is 15.8 Å². The van der Waals surface area contributed by atoms with Crippen LogP contribution in [0.15, 0.2) is 29.3 Å². The van der Waals surface area contributed by atoms with Crippen molar-refractivity contribution in [2.45, 2.75) is 18.7 Å². The van der Waals surface area contributed by atoms with Gasteiger partial charge in [-0.25, -0.2) is 13.4 Å². The summed E-state index contributed by atoms with van der Waals surface area (Å²) in [6.07, 6.45) is 1.11. The Morgan fingerprint density at radius 3 is 2.52 bits per heavy atom. The van der Waals surface area contributed by atoms with E-state index in [0.29, 0.717) is 11.1 Å². The number of nitrogens with one attached hydrogen (secondary N) is 1. The first kappa shape index (κ1) is 15.9. The number of halogens is 2. The molecule has 21 heavy (non-hydrogen) atoms. The molecule has 1 aromatic carbocycles. The molecule has 2 N–H and O–H groups in total. The number of aromatic nitrogens is 1. The first-order valence-corrected chi connectivity index (χ1v) is 8.09. The van der Waals surface area contributed by atoms with Gasteiger partial charge in [0.05, 0.1) is 10.7 Å². The lowest BCUT2D eigenvalue weighted by Crippen LogP contribution is -2.14. The second kappa shape index (κ2) is 5.71. The topological polar surface area (TPSA) is 79.3 Å². The van der Waals surface area contributed by atoms with E-state index in [0.717, 1.165) is 6.20 Å². The Kier molecular flexibility index (Phi) is 4.32.